The van der Waals surface area contributed by atoms with E-state index in [1.807, 2.05) is 38.4 Å². The van der Waals surface area contributed by atoms with E-state index in [-0.39, 0.29) is 127 Å². The molecule has 4 aromatic rings. The lowest BCUT2D eigenvalue weighted by Gasteiger charge is -2.33. The molecule has 2 aliphatic heterocycles. The van der Waals surface area contributed by atoms with Crippen molar-refractivity contribution in [2.75, 3.05) is 133 Å². The number of amides is 2. The third kappa shape index (κ3) is 19.3. The van der Waals surface area contributed by atoms with Gasteiger partial charge in [-0.1, -0.05) is 70.7 Å². The van der Waals surface area contributed by atoms with Gasteiger partial charge in [0, 0.05) is 84.3 Å². The van der Waals surface area contributed by atoms with Gasteiger partial charge >= 0.3 is 0 Å². The number of carbonyl (C=O) groups is 2. The van der Waals surface area contributed by atoms with E-state index in [2.05, 4.69) is 29.9 Å². The number of likely N-dealkylation sites (N-methyl/N-ethyl adjacent to an activating group) is 2. The molecule has 0 aromatic heterocycles. The average molecular weight is 1210 g/mol. The summed E-state index contributed by atoms with van der Waals surface area (Å²) in [6, 6.07) is 20.9. The van der Waals surface area contributed by atoms with E-state index in [0.29, 0.717) is 46.3 Å². The van der Waals surface area contributed by atoms with Gasteiger partial charge in [0.15, 0.2) is 12.2 Å². The molecule has 2 heterocycles. The number of hydrogen-bond acceptors (Lipinski definition) is 16. The number of benzene rings is 4. The Bertz CT molecular complexity index is 2650. The minimum absolute atomic E-state index is 0.00803. The minimum Gasteiger partial charge on any atom is -0.380 e. The Kier molecular flexibility index (Phi) is 25.7. The number of carbonyl (C=O) groups excluding carboxylic acids is 2. The maximum absolute atomic E-state index is 13.1. The van der Waals surface area contributed by atoms with Crippen LogP contribution in [0.15, 0.2) is 82.6 Å². The SMILES string of the molecule is CN1Cc2c(Cl)cc(Cl)cc2[C@H](c2cccc(S(=O)(=O)NCCOCCOCCOCCNC(=O)C(O)C(O)C(=O)NCCOCCOCCOCCNS(=O)(=O)c3cccc([C@@H]4CN(C)Cc5c(Cl)cc(Cl)cc54)c3)c2)C1. The molecule has 0 saturated carbocycles. The molecule has 2 aliphatic rings. The quantitative estimate of drug-likeness (QED) is 0.0372. The third-order valence-electron chi connectivity index (χ3n) is 12.6. The predicted octanol–water partition coefficient (Wildman–Crippen LogP) is 3.77. The second-order valence-corrected chi connectivity index (χ2v) is 23.7. The van der Waals surface area contributed by atoms with Gasteiger partial charge < -0.3 is 59.1 Å². The molecule has 4 atom stereocenters. The highest BCUT2D eigenvalue weighted by molar-refractivity contribution is 7.89. The number of halogens is 4. The number of fused-ring (bicyclic) bond motifs is 2. The molecule has 430 valence electrons. The average Bonchev–Trinajstić information content (AvgIpc) is 3.50. The van der Waals surface area contributed by atoms with Crippen molar-refractivity contribution in [2.24, 2.45) is 0 Å². The first-order valence-electron chi connectivity index (χ1n) is 25.2. The summed E-state index contributed by atoms with van der Waals surface area (Å²) >= 11 is 25.7. The largest absolute Gasteiger partial charge is 0.380 e. The van der Waals surface area contributed by atoms with E-state index in [4.69, 9.17) is 74.8 Å². The molecule has 0 spiro atoms. The fraction of sp³-hybridized carbons (Fsp3) is 0.500. The normalized spacial score (nSPS) is 16.8. The van der Waals surface area contributed by atoms with Gasteiger partial charge in [-0.15, -0.1) is 0 Å². The predicted molar refractivity (Wildman–Crippen MR) is 295 cm³/mol. The summed E-state index contributed by atoms with van der Waals surface area (Å²) in [6.07, 6.45) is -4.04. The number of rotatable bonds is 33. The van der Waals surface area contributed by atoms with Crippen molar-refractivity contribution in [3.63, 3.8) is 0 Å². The van der Waals surface area contributed by atoms with E-state index in [9.17, 15) is 36.6 Å². The van der Waals surface area contributed by atoms with E-state index >= 15 is 0 Å². The molecule has 78 heavy (non-hydrogen) atoms. The monoisotopic (exact) mass is 1200 g/mol. The highest BCUT2D eigenvalue weighted by Crippen LogP contribution is 2.40. The lowest BCUT2D eigenvalue weighted by molar-refractivity contribution is -0.146. The fourth-order valence-electron chi connectivity index (χ4n) is 8.79. The van der Waals surface area contributed by atoms with Crippen LogP contribution in [0.1, 0.15) is 45.2 Å². The number of nitrogens with one attached hydrogen (secondary N) is 4. The van der Waals surface area contributed by atoms with Gasteiger partial charge in [0.05, 0.1) is 89.1 Å². The number of ether oxygens (including phenoxy) is 6. The first-order chi connectivity index (χ1) is 37.3. The summed E-state index contributed by atoms with van der Waals surface area (Å²) in [7, 11) is -3.67. The molecule has 0 fully saturated rings. The molecule has 6 rings (SSSR count). The van der Waals surface area contributed by atoms with E-state index in [1.54, 1.807) is 48.5 Å². The summed E-state index contributed by atoms with van der Waals surface area (Å²) in [4.78, 5) is 29.1. The molecule has 2 amide bonds. The second kappa shape index (κ2) is 31.6. The van der Waals surface area contributed by atoms with Crippen LogP contribution in [0.2, 0.25) is 20.1 Å². The smallest absolute Gasteiger partial charge is 0.252 e. The van der Waals surface area contributed by atoms with Crippen LogP contribution in [0.25, 0.3) is 0 Å². The van der Waals surface area contributed by atoms with Crippen molar-refractivity contribution >= 4 is 78.3 Å². The molecule has 2 unspecified atom stereocenters. The van der Waals surface area contributed by atoms with E-state index < -0.39 is 44.1 Å². The zero-order valence-electron chi connectivity index (χ0n) is 43.4. The Balaban J connectivity index is 0.717. The minimum atomic E-state index is -3.82. The Labute approximate surface area is 476 Å². The van der Waals surface area contributed by atoms with Crippen LogP contribution < -0.4 is 20.1 Å². The van der Waals surface area contributed by atoms with Crippen LogP contribution in [-0.4, -0.2) is 194 Å². The molecular formula is C52H68Cl4N6O14S2. The van der Waals surface area contributed by atoms with Gasteiger partial charge in [-0.2, -0.15) is 0 Å². The lowest BCUT2D eigenvalue weighted by atomic mass is 9.85. The zero-order chi connectivity index (χ0) is 56.2. The standard InChI is InChI=1S/C52H68Cl4N6O14S2/c1-61-31-43(41-27-37(53)29-47(55)45(41)33-61)35-5-3-7-39(25-35)77(67,68)59-11-15-73-19-23-75-21-17-71-13-9-57-51(65)49(63)50(64)52(66)58-10-14-72-18-22-76-24-20-74-16-12-60-78(69,70)40-8-4-6-36(26-40)44-32-62(2)34-46-42(44)28-38(54)30-48(46)56/h3-8,25-30,43-44,49-50,59-60,63-64H,9-24,31-34H2,1-2H3,(H,57,65)(H,58,66)/t43-,44-,49?,50?/m0/s1. The maximum Gasteiger partial charge on any atom is 0.252 e. The van der Waals surface area contributed by atoms with Crippen LogP contribution >= 0.6 is 46.4 Å². The number of hydrogen-bond donors (Lipinski definition) is 6. The molecule has 4 aromatic carbocycles. The van der Waals surface area contributed by atoms with Gasteiger partial charge in [0.1, 0.15) is 0 Å². The summed E-state index contributed by atoms with van der Waals surface area (Å²) in [6.45, 7) is 4.80. The molecule has 6 N–H and O–H groups in total. The Morgan fingerprint density at radius 3 is 1.22 bits per heavy atom. The van der Waals surface area contributed by atoms with Gasteiger partial charge in [-0.3, -0.25) is 9.59 Å². The van der Waals surface area contributed by atoms with Gasteiger partial charge in [-0.05, 0) is 96.0 Å². The van der Waals surface area contributed by atoms with E-state index in [1.165, 1.54) is 0 Å². The molecule has 0 saturated heterocycles. The molecule has 26 heteroatoms. The van der Waals surface area contributed by atoms with E-state index in [0.717, 1.165) is 33.4 Å². The van der Waals surface area contributed by atoms with Crippen LogP contribution in [0, 0.1) is 0 Å². The lowest BCUT2D eigenvalue weighted by Crippen LogP contribution is -2.50. The summed E-state index contributed by atoms with van der Waals surface area (Å²) in [5.74, 6) is -2.15. The number of aliphatic hydroxyl groups excluding tert-OH is 2. The maximum atomic E-state index is 13.1. The van der Waals surface area contributed by atoms with Crippen molar-refractivity contribution in [1.82, 2.24) is 29.9 Å². The van der Waals surface area contributed by atoms with Crippen LogP contribution in [0.5, 0.6) is 0 Å². The Hall–Kier alpha value is -3.60. The van der Waals surface area contributed by atoms with Gasteiger partial charge in [0.25, 0.3) is 11.8 Å². The highest BCUT2D eigenvalue weighted by atomic mass is 35.5. The van der Waals surface area contributed by atoms with Gasteiger partial charge in [-0.25, -0.2) is 26.3 Å². The summed E-state index contributed by atoms with van der Waals surface area (Å²) in [5.41, 5.74) is 5.57. The summed E-state index contributed by atoms with van der Waals surface area (Å²) < 4.78 is 90.4. The molecule has 20 nitrogen and oxygen atoms in total. The molecular weight excluding hydrogens is 1140 g/mol. The van der Waals surface area contributed by atoms with Crippen molar-refractivity contribution < 1.29 is 65.1 Å². The first kappa shape index (κ1) is 63.6. The first-order valence-corrected chi connectivity index (χ1v) is 29.7. The Morgan fingerprint density at radius 1 is 0.526 bits per heavy atom. The molecule has 0 bridgehead atoms. The number of sulfonamides is 2. The van der Waals surface area contributed by atoms with Gasteiger partial charge in [0.2, 0.25) is 20.0 Å². The molecule has 0 radical (unpaired) electrons. The summed E-state index contributed by atoms with van der Waals surface area (Å²) in [5, 5.41) is 27.3. The fourth-order valence-corrected chi connectivity index (χ4v) is 12.1. The second-order valence-electron chi connectivity index (χ2n) is 18.5. The van der Waals surface area contributed by atoms with Crippen molar-refractivity contribution in [3.05, 3.63) is 126 Å². The zero-order valence-corrected chi connectivity index (χ0v) is 48.1. The number of nitrogens with zero attached hydrogens (tertiary/aromatic N) is 2. The van der Waals surface area contributed by atoms with Crippen LogP contribution in [-0.2, 0) is 71.1 Å². The van der Waals surface area contributed by atoms with Crippen molar-refractivity contribution in [2.45, 2.75) is 46.9 Å². The van der Waals surface area contributed by atoms with Crippen molar-refractivity contribution in [3.8, 4) is 0 Å². The Morgan fingerprint density at radius 2 is 0.859 bits per heavy atom. The van der Waals surface area contributed by atoms with Crippen LogP contribution in [0.4, 0.5) is 0 Å². The highest BCUT2D eigenvalue weighted by Gasteiger charge is 2.32. The topological polar surface area (TPSA) is 253 Å². The van der Waals surface area contributed by atoms with Crippen molar-refractivity contribution in [1.29, 1.82) is 0 Å². The molecule has 0 aliphatic carbocycles. The number of aliphatic hydroxyl groups is 2. The van der Waals surface area contributed by atoms with Crippen LogP contribution in [0.3, 0.4) is 0 Å². The third-order valence-corrected chi connectivity index (χ3v) is 16.6.